The van der Waals surface area contributed by atoms with E-state index in [-0.39, 0.29) is 12.4 Å². The van der Waals surface area contributed by atoms with Gasteiger partial charge in [0.25, 0.3) is 0 Å². The summed E-state index contributed by atoms with van der Waals surface area (Å²) in [5, 5.41) is 10.1. The fraction of sp³-hybridized carbons (Fsp3) is 0.160. The van der Waals surface area contributed by atoms with Gasteiger partial charge < -0.3 is 9.67 Å². The number of carboxylic acid groups (broad SMARTS) is 1. The van der Waals surface area contributed by atoms with Crippen LogP contribution >= 0.6 is 0 Å². The highest BCUT2D eigenvalue weighted by atomic mass is 19.1. The van der Waals surface area contributed by atoms with Crippen LogP contribution in [0.15, 0.2) is 72.8 Å². The first kappa shape index (κ1) is 18.9. The number of hydrogen-bond acceptors (Lipinski definition) is 1. The summed E-state index contributed by atoms with van der Waals surface area (Å²) in [4.78, 5) is 11.4. The lowest BCUT2D eigenvalue weighted by atomic mass is 9.94. The zero-order valence-corrected chi connectivity index (χ0v) is 16.2. The average Bonchev–Trinajstić information content (AvgIpc) is 2.95. The first-order valence-electron chi connectivity index (χ1n) is 9.62. The molecule has 0 saturated heterocycles. The summed E-state index contributed by atoms with van der Waals surface area (Å²) in [5.41, 5.74) is 6.20. The number of hydrogen-bond donors (Lipinski definition) is 1. The van der Waals surface area contributed by atoms with Gasteiger partial charge in [0.15, 0.2) is 0 Å². The molecule has 0 amide bonds. The van der Waals surface area contributed by atoms with E-state index in [1.165, 1.54) is 23.3 Å². The number of halogens is 1. The van der Waals surface area contributed by atoms with E-state index < -0.39 is 5.97 Å². The first-order valence-corrected chi connectivity index (χ1v) is 9.62. The summed E-state index contributed by atoms with van der Waals surface area (Å²) in [7, 11) is 0. The molecule has 4 aromatic rings. The van der Waals surface area contributed by atoms with Crippen LogP contribution in [0.1, 0.15) is 27.9 Å². The molecule has 0 fully saturated rings. The van der Waals surface area contributed by atoms with Gasteiger partial charge in [0.2, 0.25) is 0 Å². The van der Waals surface area contributed by atoms with E-state index in [0.717, 1.165) is 34.1 Å². The molecule has 0 unspecified atom stereocenters. The van der Waals surface area contributed by atoms with Gasteiger partial charge >= 0.3 is 5.97 Å². The van der Waals surface area contributed by atoms with E-state index in [0.29, 0.717) is 6.42 Å². The average molecular weight is 387 g/mol. The fourth-order valence-corrected chi connectivity index (χ4v) is 3.99. The summed E-state index contributed by atoms with van der Waals surface area (Å²) in [6, 6.07) is 23.1. The molecule has 0 aliphatic heterocycles. The maximum Gasteiger partial charge on any atom is 0.323 e. The molecule has 3 nitrogen and oxygen atoms in total. The number of aromatic nitrogens is 1. The molecule has 1 aromatic heterocycles. The second-order valence-electron chi connectivity index (χ2n) is 7.31. The Labute approximate surface area is 169 Å². The lowest BCUT2D eigenvalue weighted by Gasteiger charge is -2.11. The minimum Gasteiger partial charge on any atom is -0.480 e. The summed E-state index contributed by atoms with van der Waals surface area (Å²) in [6.07, 6.45) is 1.44. The van der Waals surface area contributed by atoms with Crippen molar-refractivity contribution in [2.24, 2.45) is 0 Å². The predicted molar refractivity (Wildman–Crippen MR) is 113 cm³/mol. The van der Waals surface area contributed by atoms with Gasteiger partial charge in [0.1, 0.15) is 12.4 Å². The maximum atomic E-state index is 14.0. The topological polar surface area (TPSA) is 42.2 Å². The molecule has 0 aliphatic rings. The van der Waals surface area contributed by atoms with Gasteiger partial charge in [-0.2, -0.15) is 0 Å². The van der Waals surface area contributed by atoms with Crippen molar-refractivity contribution in [3.8, 4) is 0 Å². The number of benzene rings is 3. The van der Waals surface area contributed by atoms with Crippen molar-refractivity contribution in [2.75, 3.05) is 0 Å². The van der Waals surface area contributed by atoms with E-state index >= 15 is 0 Å². The molecule has 3 aromatic carbocycles. The summed E-state index contributed by atoms with van der Waals surface area (Å²) >= 11 is 0. The van der Waals surface area contributed by atoms with Gasteiger partial charge in [0, 0.05) is 23.0 Å². The standard InChI is InChI=1S/C25H22FNO2/c1-17-22(23-15-21(26)11-12-24(23)27(17)16-25(28)29)14-20-10-6-5-9-19(20)13-18-7-3-2-4-8-18/h2-12,15H,13-14,16H2,1H3,(H,28,29). The molecule has 0 radical (unpaired) electrons. The molecule has 0 aliphatic carbocycles. The Kier molecular flexibility index (Phi) is 5.17. The van der Waals surface area contributed by atoms with Gasteiger partial charge in [-0.15, -0.1) is 0 Å². The van der Waals surface area contributed by atoms with Crippen molar-refractivity contribution >= 4 is 16.9 Å². The molecule has 1 heterocycles. The number of carbonyl (C=O) groups is 1. The largest absolute Gasteiger partial charge is 0.480 e. The van der Waals surface area contributed by atoms with Gasteiger partial charge in [-0.3, -0.25) is 4.79 Å². The molecule has 0 saturated carbocycles. The van der Waals surface area contributed by atoms with E-state index in [2.05, 4.69) is 24.3 Å². The minimum absolute atomic E-state index is 0.139. The zero-order valence-electron chi connectivity index (χ0n) is 16.2. The molecular formula is C25H22FNO2. The Hall–Kier alpha value is -3.40. The predicted octanol–water partition coefficient (Wildman–Crippen LogP) is 5.36. The third-order valence-corrected chi connectivity index (χ3v) is 5.43. The molecule has 0 spiro atoms. The van der Waals surface area contributed by atoms with Crippen LogP contribution in [-0.2, 0) is 24.2 Å². The van der Waals surface area contributed by atoms with E-state index in [4.69, 9.17) is 0 Å². The zero-order chi connectivity index (χ0) is 20.4. The number of rotatable bonds is 6. The monoisotopic (exact) mass is 387 g/mol. The van der Waals surface area contributed by atoms with Crippen molar-refractivity contribution < 1.29 is 14.3 Å². The number of nitrogens with zero attached hydrogens (tertiary/aromatic N) is 1. The van der Waals surface area contributed by atoms with Crippen molar-refractivity contribution in [1.82, 2.24) is 4.57 Å². The highest BCUT2D eigenvalue weighted by Gasteiger charge is 2.18. The molecule has 1 N–H and O–H groups in total. The fourth-order valence-electron chi connectivity index (χ4n) is 3.99. The highest BCUT2D eigenvalue weighted by molar-refractivity contribution is 5.87. The minimum atomic E-state index is -0.912. The van der Waals surface area contributed by atoms with Gasteiger partial charge in [0.05, 0.1) is 0 Å². The Morgan fingerprint density at radius 1 is 0.931 bits per heavy atom. The van der Waals surface area contributed by atoms with Crippen LogP contribution in [0.3, 0.4) is 0 Å². The number of aliphatic carboxylic acids is 1. The second-order valence-corrected chi connectivity index (χ2v) is 7.31. The van der Waals surface area contributed by atoms with Crippen LogP contribution < -0.4 is 0 Å². The number of carboxylic acids is 1. The van der Waals surface area contributed by atoms with Crippen molar-refractivity contribution in [1.29, 1.82) is 0 Å². The van der Waals surface area contributed by atoms with E-state index in [9.17, 15) is 14.3 Å². The third kappa shape index (κ3) is 3.92. The summed E-state index contributed by atoms with van der Waals surface area (Å²) < 4.78 is 15.8. The molecule has 29 heavy (non-hydrogen) atoms. The van der Waals surface area contributed by atoms with Crippen molar-refractivity contribution in [3.05, 3.63) is 107 Å². The Morgan fingerprint density at radius 3 is 2.28 bits per heavy atom. The van der Waals surface area contributed by atoms with Crippen LogP contribution in [-0.4, -0.2) is 15.6 Å². The van der Waals surface area contributed by atoms with Crippen LogP contribution in [0.25, 0.3) is 10.9 Å². The van der Waals surface area contributed by atoms with E-state index in [1.54, 1.807) is 10.6 Å². The van der Waals surface area contributed by atoms with Gasteiger partial charge in [-0.25, -0.2) is 4.39 Å². The molecule has 0 atom stereocenters. The lowest BCUT2D eigenvalue weighted by molar-refractivity contribution is -0.137. The Bertz CT molecular complexity index is 1180. The smallest absolute Gasteiger partial charge is 0.323 e. The maximum absolute atomic E-state index is 14.0. The Balaban J connectivity index is 1.78. The molecular weight excluding hydrogens is 365 g/mol. The second kappa shape index (κ2) is 7.92. The molecule has 4 heteroatoms. The SMILES string of the molecule is Cc1c(Cc2ccccc2Cc2ccccc2)c2cc(F)ccc2n1CC(=O)O. The summed E-state index contributed by atoms with van der Waals surface area (Å²) in [6.45, 7) is 1.77. The Morgan fingerprint density at radius 2 is 1.59 bits per heavy atom. The quantitative estimate of drug-likeness (QED) is 0.484. The summed E-state index contributed by atoms with van der Waals surface area (Å²) in [5.74, 6) is -1.23. The van der Waals surface area contributed by atoms with Crippen molar-refractivity contribution in [3.63, 3.8) is 0 Å². The third-order valence-electron chi connectivity index (χ3n) is 5.43. The molecule has 146 valence electrons. The molecule has 0 bridgehead atoms. The van der Waals surface area contributed by atoms with Crippen LogP contribution in [0.4, 0.5) is 4.39 Å². The lowest BCUT2D eigenvalue weighted by Crippen LogP contribution is -2.10. The van der Waals surface area contributed by atoms with Gasteiger partial charge in [-0.1, -0.05) is 54.6 Å². The highest BCUT2D eigenvalue weighted by Crippen LogP contribution is 2.30. The van der Waals surface area contributed by atoms with Gasteiger partial charge in [-0.05, 0) is 53.8 Å². The van der Waals surface area contributed by atoms with Crippen LogP contribution in [0, 0.1) is 12.7 Å². The van der Waals surface area contributed by atoms with Crippen LogP contribution in [0.2, 0.25) is 0 Å². The van der Waals surface area contributed by atoms with E-state index in [1.807, 2.05) is 37.3 Å². The van der Waals surface area contributed by atoms with Crippen molar-refractivity contribution in [2.45, 2.75) is 26.3 Å². The van der Waals surface area contributed by atoms with Crippen LogP contribution in [0.5, 0.6) is 0 Å². The normalized spacial score (nSPS) is 11.1. The number of fused-ring (bicyclic) bond motifs is 1. The first-order chi connectivity index (χ1) is 14.0. The molecule has 4 rings (SSSR count).